The monoisotopic (exact) mass is 360 g/mol. The van der Waals surface area contributed by atoms with Crippen LogP contribution in [0.5, 0.6) is 0 Å². The highest BCUT2D eigenvalue weighted by atomic mass is 35.5. The fourth-order valence-electron chi connectivity index (χ4n) is 2.63. The van der Waals surface area contributed by atoms with Gasteiger partial charge in [-0.25, -0.2) is 0 Å². The molecule has 2 atom stereocenters. The molecule has 0 aliphatic carbocycles. The third kappa shape index (κ3) is 4.72. The molecule has 132 valence electrons. The predicted octanol–water partition coefficient (Wildman–Crippen LogP) is 3.87. The van der Waals surface area contributed by atoms with Crippen LogP contribution in [0.3, 0.4) is 0 Å². The van der Waals surface area contributed by atoms with Crippen LogP contribution in [0.15, 0.2) is 48.5 Å². The van der Waals surface area contributed by atoms with E-state index in [2.05, 4.69) is 29.7 Å². The number of halogens is 1. The van der Waals surface area contributed by atoms with Crippen LogP contribution in [0.25, 0.3) is 0 Å². The second kappa shape index (κ2) is 8.34. The zero-order chi connectivity index (χ0) is 17.6. The van der Waals surface area contributed by atoms with E-state index in [4.69, 9.17) is 21.1 Å². The van der Waals surface area contributed by atoms with Crippen LogP contribution in [0.2, 0.25) is 5.02 Å². The SMILES string of the molecule is C[C@H](Nc1ccc(NC(=O)[C@H]2COCCO2)cc1Cl)c1ccccc1. The van der Waals surface area contributed by atoms with Gasteiger partial charge in [0.15, 0.2) is 6.10 Å². The fraction of sp³-hybridized carbons (Fsp3) is 0.316. The second-order valence-corrected chi connectivity index (χ2v) is 6.30. The first-order valence-corrected chi connectivity index (χ1v) is 8.62. The van der Waals surface area contributed by atoms with Crippen LogP contribution in [0, 0.1) is 0 Å². The maximum Gasteiger partial charge on any atom is 0.255 e. The highest BCUT2D eigenvalue weighted by Crippen LogP contribution is 2.29. The maximum atomic E-state index is 12.2. The Morgan fingerprint density at radius 1 is 1.20 bits per heavy atom. The van der Waals surface area contributed by atoms with Crippen LogP contribution in [0.1, 0.15) is 18.5 Å². The number of ether oxygens (including phenoxy) is 2. The van der Waals surface area contributed by atoms with E-state index in [0.29, 0.717) is 23.9 Å². The molecule has 2 aromatic carbocycles. The molecule has 1 saturated heterocycles. The van der Waals surface area contributed by atoms with Gasteiger partial charge < -0.3 is 20.1 Å². The van der Waals surface area contributed by atoms with Gasteiger partial charge >= 0.3 is 0 Å². The van der Waals surface area contributed by atoms with E-state index in [1.807, 2.05) is 30.3 Å². The average Bonchev–Trinajstić information content (AvgIpc) is 2.65. The van der Waals surface area contributed by atoms with Gasteiger partial charge in [-0.3, -0.25) is 4.79 Å². The molecule has 0 spiro atoms. The van der Waals surface area contributed by atoms with Crippen LogP contribution < -0.4 is 10.6 Å². The standard InChI is InChI=1S/C19H21ClN2O3/c1-13(14-5-3-2-4-6-14)21-17-8-7-15(11-16(17)20)22-19(23)18-12-24-9-10-25-18/h2-8,11,13,18,21H,9-10,12H2,1H3,(H,22,23)/t13-,18+/m0/s1. The van der Waals surface area contributed by atoms with Crippen LogP contribution in [0.4, 0.5) is 11.4 Å². The summed E-state index contributed by atoms with van der Waals surface area (Å²) in [5.74, 6) is -0.228. The number of nitrogens with one attached hydrogen (secondary N) is 2. The molecule has 6 heteroatoms. The molecule has 2 N–H and O–H groups in total. The summed E-state index contributed by atoms with van der Waals surface area (Å²) in [6.07, 6.45) is -0.580. The van der Waals surface area contributed by atoms with Crippen molar-refractivity contribution in [3.63, 3.8) is 0 Å². The summed E-state index contributed by atoms with van der Waals surface area (Å²) in [7, 11) is 0. The number of anilines is 2. The molecule has 0 bridgehead atoms. The topological polar surface area (TPSA) is 59.6 Å². The van der Waals surface area contributed by atoms with E-state index >= 15 is 0 Å². The number of benzene rings is 2. The molecule has 3 rings (SSSR count). The van der Waals surface area contributed by atoms with Crippen molar-refractivity contribution in [1.29, 1.82) is 0 Å². The summed E-state index contributed by atoms with van der Waals surface area (Å²) < 4.78 is 10.6. The minimum absolute atomic E-state index is 0.118. The summed E-state index contributed by atoms with van der Waals surface area (Å²) in [5, 5.41) is 6.73. The summed E-state index contributed by atoms with van der Waals surface area (Å²) in [6.45, 7) is 3.30. The molecule has 1 amide bonds. The van der Waals surface area contributed by atoms with Crippen molar-refractivity contribution in [3.8, 4) is 0 Å². The highest BCUT2D eigenvalue weighted by molar-refractivity contribution is 6.33. The zero-order valence-corrected chi connectivity index (χ0v) is 14.8. The highest BCUT2D eigenvalue weighted by Gasteiger charge is 2.22. The average molecular weight is 361 g/mol. The number of rotatable bonds is 5. The van der Waals surface area contributed by atoms with E-state index in [1.165, 1.54) is 5.56 Å². The second-order valence-electron chi connectivity index (χ2n) is 5.89. The Balaban J connectivity index is 1.63. The van der Waals surface area contributed by atoms with Crippen molar-refractivity contribution in [1.82, 2.24) is 0 Å². The summed E-state index contributed by atoms with van der Waals surface area (Å²) in [4.78, 5) is 12.2. The lowest BCUT2D eigenvalue weighted by Gasteiger charge is -2.22. The zero-order valence-electron chi connectivity index (χ0n) is 14.0. The van der Waals surface area contributed by atoms with Gasteiger partial charge in [0.25, 0.3) is 5.91 Å². The Hall–Kier alpha value is -2.08. The molecule has 5 nitrogen and oxygen atoms in total. The lowest BCUT2D eigenvalue weighted by atomic mass is 10.1. The lowest BCUT2D eigenvalue weighted by Crippen LogP contribution is -2.39. The molecular weight excluding hydrogens is 340 g/mol. The normalized spacial score (nSPS) is 18.4. The molecule has 1 fully saturated rings. The van der Waals surface area contributed by atoms with E-state index < -0.39 is 6.10 Å². The van der Waals surface area contributed by atoms with Gasteiger partial charge in [-0.05, 0) is 30.7 Å². The molecule has 25 heavy (non-hydrogen) atoms. The predicted molar refractivity (Wildman–Crippen MR) is 99.1 cm³/mol. The van der Waals surface area contributed by atoms with Gasteiger partial charge in [0.05, 0.1) is 30.5 Å². The van der Waals surface area contributed by atoms with Crippen molar-refractivity contribution < 1.29 is 14.3 Å². The minimum Gasteiger partial charge on any atom is -0.377 e. The van der Waals surface area contributed by atoms with Crippen molar-refractivity contribution in [2.24, 2.45) is 0 Å². The summed E-state index contributed by atoms with van der Waals surface area (Å²) in [5.41, 5.74) is 2.61. The first-order chi connectivity index (χ1) is 12.1. The minimum atomic E-state index is -0.580. The largest absolute Gasteiger partial charge is 0.377 e. The summed E-state index contributed by atoms with van der Waals surface area (Å²) >= 11 is 6.36. The van der Waals surface area contributed by atoms with Gasteiger partial charge in [-0.2, -0.15) is 0 Å². The van der Waals surface area contributed by atoms with E-state index in [9.17, 15) is 4.79 Å². The Kier molecular flexibility index (Phi) is 5.91. The van der Waals surface area contributed by atoms with Crippen molar-refractivity contribution >= 4 is 28.9 Å². The van der Waals surface area contributed by atoms with Gasteiger partial charge in [0.2, 0.25) is 0 Å². The summed E-state index contributed by atoms with van der Waals surface area (Å²) in [6, 6.07) is 15.6. The fourth-order valence-corrected chi connectivity index (χ4v) is 2.87. The molecule has 2 aromatic rings. The molecule has 1 aliphatic heterocycles. The molecule has 1 aliphatic rings. The third-order valence-corrected chi connectivity index (χ3v) is 4.33. The van der Waals surface area contributed by atoms with Gasteiger partial charge in [-0.1, -0.05) is 41.9 Å². The number of hydrogen-bond donors (Lipinski definition) is 2. The number of amides is 1. The van der Waals surface area contributed by atoms with Gasteiger partial charge in [0, 0.05) is 11.7 Å². The number of carbonyl (C=O) groups excluding carboxylic acids is 1. The quantitative estimate of drug-likeness (QED) is 0.849. The molecular formula is C19H21ClN2O3. The Morgan fingerprint density at radius 3 is 2.68 bits per heavy atom. The molecule has 0 aromatic heterocycles. The van der Waals surface area contributed by atoms with E-state index in [-0.39, 0.29) is 18.6 Å². The van der Waals surface area contributed by atoms with Crippen LogP contribution in [-0.4, -0.2) is 31.8 Å². The first-order valence-electron chi connectivity index (χ1n) is 8.25. The van der Waals surface area contributed by atoms with Gasteiger partial charge in [0.1, 0.15) is 0 Å². The van der Waals surface area contributed by atoms with E-state index in [1.54, 1.807) is 6.07 Å². The Bertz CT molecular complexity index is 718. The number of hydrogen-bond acceptors (Lipinski definition) is 4. The van der Waals surface area contributed by atoms with Crippen molar-refractivity contribution in [2.45, 2.75) is 19.1 Å². The van der Waals surface area contributed by atoms with E-state index in [0.717, 1.165) is 5.69 Å². The number of carbonyl (C=O) groups is 1. The van der Waals surface area contributed by atoms with Crippen molar-refractivity contribution in [3.05, 3.63) is 59.1 Å². The lowest BCUT2D eigenvalue weighted by molar-refractivity contribution is -0.142. The molecule has 1 heterocycles. The third-order valence-electron chi connectivity index (χ3n) is 4.02. The molecule has 0 unspecified atom stereocenters. The van der Waals surface area contributed by atoms with Crippen LogP contribution in [-0.2, 0) is 14.3 Å². The Morgan fingerprint density at radius 2 is 2.00 bits per heavy atom. The van der Waals surface area contributed by atoms with Gasteiger partial charge in [-0.15, -0.1) is 0 Å². The maximum absolute atomic E-state index is 12.2. The first kappa shape index (κ1) is 17.7. The molecule has 0 saturated carbocycles. The molecule has 0 radical (unpaired) electrons. The van der Waals surface area contributed by atoms with Crippen molar-refractivity contribution in [2.75, 3.05) is 30.5 Å². The van der Waals surface area contributed by atoms with Crippen LogP contribution >= 0.6 is 11.6 Å². The Labute approximate surface area is 152 Å². The smallest absolute Gasteiger partial charge is 0.255 e.